The SMILES string of the molecule is C1=C(c2ccc(-c3ncccn3)cc2)C(c2ccccc2)=C(c2ccccc2)C(c2ccccc2)(c2ccc(-c3ncccn3)cc2)C1c1ccccc1. The first-order chi connectivity index (χ1) is 26.8. The van der Waals surface area contributed by atoms with Gasteiger partial charge in [0.2, 0.25) is 0 Å². The number of allylic oxidation sites excluding steroid dienone is 4. The van der Waals surface area contributed by atoms with Crippen LogP contribution in [0, 0.1) is 0 Å². The third-order valence-electron chi connectivity index (χ3n) is 10.4. The molecule has 0 N–H and O–H groups in total. The average molecular weight is 693 g/mol. The van der Waals surface area contributed by atoms with Gasteiger partial charge in [-0.05, 0) is 62.2 Å². The van der Waals surface area contributed by atoms with Gasteiger partial charge >= 0.3 is 0 Å². The quantitative estimate of drug-likeness (QED) is 0.159. The van der Waals surface area contributed by atoms with Crippen molar-refractivity contribution in [1.82, 2.24) is 19.9 Å². The summed E-state index contributed by atoms with van der Waals surface area (Å²) in [5.74, 6) is 1.31. The number of aromatic nitrogens is 4. The Balaban J connectivity index is 1.40. The number of hydrogen-bond donors (Lipinski definition) is 0. The van der Waals surface area contributed by atoms with Crippen molar-refractivity contribution in [3.63, 3.8) is 0 Å². The fraction of sp³-hybridized carbons (Fsp3) is 0.0400. The summed E-state index contributed by atoms with van der Waals surface area (Å²) in [6, 6.07) is 65.1. The van der Waals surface area contributed by atoms with E-state index in [0.717, 1.165) is 27.8 Å². The zero-order chi connectivity index (χ0) is 36.2. The molecule has 9 rings (SSSR count). The van der Waals surface area contributed by atoms with E-state index in [1.165, 1.54) is 33.4 Å². The first-order valence-corrected chi connectivity index (χ1v) is 18.2. The monoisotopic (exact) mass is 692 g/mol. The third kappa shape index (κ3) is 5.94. The summed E-state index contributed by atoms with van der Waals surface area (Å²) in [5, 5.41) is 0. The van der Waals surface area contributed by atoms with Crippen LogP contribution in [0.2, 0.25) is 0 Å². The molecule has 0 fully saturated rings. The van der Waals surface area contributed by atoms with Crippen molar-refractivity contribution in [3.8, 4) is 22.8 Å². The van der Waals surface area contributed by atoms with Crippen LogP contribution in [0.1, 0.15) is 39.3 Å². The Morgan fingerprint density at radius 1 is 0.352 bits per heavy atom. The van der Waals surface area contributed by atoms with E-state index in [1.807, 2.05) is 12.1 Å². The van der Waals surface area contributed by atoms with Crippen LogP contribution in [-0.2, 0) is 5.41 Å². The average Bonchev–Trinajstić information content (AvgIpc) is 3.27. The minimum absolute atomic E-state index is 0.102. The number of rotatable bonds is 8. The van der Waals surface area contributed by atoms with Gasteiger partial charge in [-0.25, -0.2) is 19.9 Å². The maximum absolute atomic E-state index is 4.57. The molecular formula is C50H36N4. The summed E-state index contributed by atoms with van der Waals surface area (Å²) in [5.41, 5.74) is 12.0. The summed E-state index contributed by atoms with van der Waals surface area (Å²) in [7, 11) is 0. The van der Waals surface area contributed by atoms with Crippen LogP contribution in [0.4, 0.5) is 0 Å². The normalized spacial score (nSPS) is 16.8. The molecule has 1 aliphatic carbocycles. The lowest BCUT2D eigenvalue weighted by atomic mass is 9.53. The molecule has 8 aromatic rings. The fourth-order valence-corrected chi connectivity index (χ4v) is 8.08. The van der Waals surface area contributed by atoms with E-state index >= 15 is 0 Å². The van der Waals surface area contributed by atoms with Crippen molar-refractivity contribution >= 4 is 16.7 Å². The third-order valence-corrected chi connectivity index (χ3v) is 10.4. The van der Waals surface area contributed by atoms with Gasteiger partial charge in [-0.2, -0.15) is 0 Å². The lowest BCUT2D eigenvalue weighted by Crippen LogP contribution is -2.38. The molecule has 2 unspecified atom stereocenters. The van der Waals surface area contributed by atoms with Gasteiger partial charge in [-0.15, -0.1) is 0 Å². The fourth-order valence-electron chi connectivity index (χ4n) is 8.08. The van der Waals surface area contributed by atoms with E-state index in [0.29, 0.717) is 11.6 Å². The van der Waals surface area contributed by atoms with Crippen molar-refractivity contribution in [1.29, 1.82) is 0 Å². The van der Waals surface area contributed by atoms with E-state index in [1.54, 1.807) is 24.8 Å². The summed E-state index contributed by atoms with van der Waals surface area (Å²) in [6.07, 6.45) is 9.68. The molecule has 2 atom stereocenters. The maximum Gasteiger partial charge on any atom is 0.159 e. The molecule has 54 heavy (non-hydrogen) atoms. The van der Waals surface area contributed by atoms with Crippen LogP contribution >= 0.6 is 0 Å². The van der Waals surface area contributed by atoms with Crippen molar-refractivity contribution in [2.75, 3.05) is 0 Å². The lowest BCUT2D eigenvalue weighted by molar-refractivity contribution is 0.587. The number of benzene rings is 6. The van der Waals surface area contributed by atoms with Gasteiger partial charge in [0, 0.05) is 41.8 Å². The Morgan fingerprint density at radius 2 is 0.778 bits per heavy atom. The highest BCUT2D eigenvalue weighted by molar-refractivity contribution is 6.19. The van der Waals surface area contributed by atoms with Crippen LogP contribution in [0.25, 0.3) is 39.5 Å². The summed E-state index contributed by atoms with van der Waals surface area (Å²) in [6.45, 7) is 0. The molecule has 0 aliphatic heterocycles. The largest absolute Gasteiger partial charge is 0.237 e. The molecule has 256 valence electrons. The Labute approximate surface area is 316 Å². The second-order valence-electron chi connectivity index (χ2n) is 13.4. The van der Waals surface area contributed by atoms with Crippen molar-refractivity contribution in [2.24, 2.45) is 0 Å². The summed E-state index contributed by atoms with van der Waals surface area (Å²) in [4.78, 5) is 18.2. The number of nitrogens with zero attached hydrogens (tertiary/aromatic N) is 4. The van der Waals surface area contributed by atoms with Gasteiger partial charge in [-0.3, -0.25) is 0 Å². The molecular weight excluding hydrogens is 657 g/mol. The molecule has 0 amide bonds. The molecule has 6 aromatic carbocycles. The molecule has 4 heteroatoms. The van der Waals surface area contributed by atoms with E-state index in [4.69, 9.17) is 0 Å². The molecule has 0 radical (unpaired) electrons. The molecule has 1 aliphatic rings. The summed E-state index contributed by atoms with van der Waals surface area (Å²) < 4.78 is 0. The molecule has 2 aromatic heterocycles. The van der Waals surface area contributed by atoms with Crippen LogP contribution in [0.5, 0.6) is 0 Å². The van der Waals surface area contributed by atoms with Crippen LogP contribution in [-0.4, -0.2) is 19.9 Å². The first kappa shape index (κ1) is 32.8. The molecule has 0 spiro atoms. The van der Waals surface area contributed by atoms with Gasteiger partial charge in [-0.1, -0.05) is 176 Å². The van der Waals surface area contributed by atoms with E-state index in [2.05, 4.69) is 196 Å². The standard InChI is InChI=1S/C50H36N4/c1-5-15-37(16-6-1)45-35-44(36-23-25-40(26-24-36)48-51-31-13-32-52-48)46(38-17-7-2-8-18-38)47(39-19-9-3-10-20-39)50(45,42-21-11-4-12-22-42)43-29-27-41(28-30-43)49-53-33-14-34-54-49/h1-35,45H. The molecule has 2 heterocycles. The van der Waals surface area contributed by atoms with Crippen LogP contribution < -0.4 is 0 Å². The van der Waals surface area contributed by atoms with Crippen LogP contribution in [0.15, 0.2) is 213 Å². The van der Waals surface area contributed by atoms with Crippen molar-refractivity contribution in [2.45, 2.75) is 11.3 Å². The minimum atomic E-state index is -0.660. The van der Waals surface area contributed by atoms with Crippen LogP contribution in [0.3, 0.4) is 0 Å². The van der Waals surface area contributed by atoms with Gasteiger partial charge in [0.1, 0.15) is 0 Å². The van der Waals surface area contributed by atoms with Gasteiger partial charge in [0.05, 0.1) is 5.41 Å². The second kappa shape index (κ2) is 14.5. The van der Waals surface area contributed by atoms with Gasteiger partial charge in [0.15, 0.2) is 11.6 Å². The zero-order valence-corrected chi connectivity index (χ0v) is 29.6. The van der Waals surface area contributed by atoms with E-state index < -0.39 is 5.41 Å². The van der Waals surface area contributed by atoms with Gasteiger partial charge in [0.25, 0.3) is 0 Å². The Morgan fingerprint density at radius 3 is 1.31 bits per heavy atom. The first-order valence-electron chi connectivity index (χ1n) is 18.2. The predicted octanol–water partition coefficient (Wildman–Crippen LogP) is 11.4. The van der Waals surface area contributed by atoms with E-state index in [-0.39, 0.29) is 5.92 Å². The topological polar surface area (TPSA) is 51.6 Å². The molecule has 0 bridgehead atoms. The van der Waals surface area contributed by atoms with Crippen molar-refractivity contribution < 1.29 is 0 Å². The lowest BCUT2D eigenvalue weighted by Gasteiger charge is -2.48. The molecule has 0 saturated heterocycles. The molecule has 0 saturated carbocycles. The number of hydrogen-bond acceptors (Lipinski definition) is 4. The maximum atomic E-state index is 4.57. The Hall–Kier alpha value is -7.04. The zero-order valence-electron chi connectivity index (χ0n) is 29.6. The summed E-state index contributed by atoms with van der Waals surface area (Å²) >= 11 is 0. The highest BCUT2D eigenvalue weighted by Gasteiger charge is 2.50. The van der Waals surface area contributed by atoms with E-state index in [9.17, 15) is 0 Å². The highest BCUT2D eigenvalue weighted by Crippen LogP contribution is 2.61. The van der Waals surface area contributed by atoms with Crippen molar-refractivity contribution in [3.05, 3.63) is 246 Å². The minimum Gasteiger partial charge on any atom is -0.237 e. The van der Waals surface area contributed by atoms with Gasteiger partial charge < -0.3 is 0 Å². The predicted molar refractivity (Wildman–Crippen MR) is 219 cm³/mol. The highest BCUT2D eigenvalue weighted by atomic mass is 14.9. The molecule has 4 nitrogen and oxygen atoms in total. The Bertz CT molecular complexity index is 2540. The Kier molecular flexibility index (Phi) is 8.84. The second-order valence-corrected chi connectivity index (χ2v) is 13.4. The smallest absolute Gasteiger partial charge is 0.159 e.